The van der Waals surface area contributed by atoms with Crippen molar-refractivity contribution < 1.29 is 9.59 Å². The van der Waals surface area contributed by atoms with E-state index in [1.54, 1.807) is 30.5 Å². The molecule has 0 fully saturated rings. The van der Waals surface area contributed by atoms with Crippen molar-refractivity contribution in [1.29, 1.82) is 0 Å². The third-order valence-corrected chi connectivity index (χ3v) is 3.63. The van der Waals surface area contributed by atoms with Crippen LogP contribution in [0, 0.1) is 12.8 Å². The van der Waals surface area contributed by atoms with E-state index in [2.05, 4.69) is 15.6 Å². The molecule has 2 rings (SSSR count). The number of aromatic nitrogens is 1. The topological polar surface area (TPSA) is 71.1 Å². The maximum Gasteiger partial charge on any atom is 0.252 e. The van der Waals surface area contributed by atoms with Crippen molar-refractivity contribution in [3.63, 3.8) is 0 Å². The van der Waals surface area contributed by atoms with E-state index >= 15 is 0 Å². The molecule has 1 atom stereocenters. The van der Waals surface area contributed by atoms with Gasteiger partial charge in [-0.15, -0.1) is 0 Å². The van der Waals surface area contributed by atoms with Crippen LogP contribution in [0.3, 0.4) is 0 Å². The Morgan fingerprint density at radius 1 is 1.08 bits per heavy atom. The Balaban J connectivity index is 2.11. The first-order valence-corrected chi connectivity index (χ1v) is 8.05. The number of nitrogens with one attached hydrogen (secondary N) is 2. The molecule has 0 aliphatic heterocycles. The average Bonchev–Trinajstić information content (AvgIpc) is 2.55. The molecule has 5 nitrogen and oxygen atoms in total. The van der Waals surface area contributed by atoms with Crippen molar-refractivity contribution >= 4 is 17.6 Å². The van der Waals surface area contributed by atoms with Crippen LogP contribution < -0.4 is 10.6 Å². The predicted molar refractivity (Wildman–Crippen MR) is 94.8 cm³/mol. The summed E-state index contributed by atoms with van der Waals surface area (Å²) in [6.07, 6.45) is 2.16. The SMILES string of the molecule is Cc1ccccc1C(=O)NC(CC(C)C)C(=O)Nc1ccccn1. The number of pyridine rings is 1. The Hall–Kier alpha value is -2.69. The normalized spacial score (nSPS) is 11.8. The second-order valence-electron chi connectivity index (χ2n) is 6.17. The molecule has 0 aliphatic carbocycles. The smallest absolute Gasteiger partial charge is 0.252 e. The number of nitrogens with zero attached hydrogens (tertiary/aromatic N) is 1. The molecule has 2 aromatic rings. The first-order chi connectivity index (χ1) is 11.5. The fourth-order valence-corrected chi connectivity index (χ4v) is 2.42. The molecular weight excluding hydrogens is 302 g/mol. The third kappa shape index (κ3) is 4.91. The molecule has 0 spiro atoms. The Morgan fingerprint density at radius 2 is 1.79 bits per heavy atom. The van der Waals surface area contributed by atoms with Gasteiger partial charge >= 0.3 is 0 Å². The number of benzene rings is 1. The molecule has 0 radical (unpaired) electrons. The summed E-state index contributed by atoms with van der Waals surface area (Å²) in [5, 5.41) is 5.60. The third-order valence-electron chi connectivity index (χ3n) is 3.63. The zero-order chi connectivity index (χ0) is 17.5. The van der Waals surface area contributed by atoms with Gasteiger partial charge in [0.15, 0.2) is 0 Å². The second kappa shape index (κ2) is 8.24. The lowest BCUT2D eigenvalue weighted by molar-refractivity contribution is -0.118. The van der Waals surface area contributed by atoms with Crippen molar-refractivity contribution in [3.8, 4) is 0 Å². The van der Waals surface area contributed by atoms with Crippen LogP contribution in [0.25, 0.3) is 0 Å². The number of carbonyl (C=O) groups excluding carboxylic acids is 2. The van der Waals surface area contributed by atoms with Crippen LogP contribution in [-0.4, -0.2) is 22.8 Å². The lowest BCUT2D eigenvalue weighted by Gasteiger charge is -2.20. The van der Waals surface area contributed by atoms with E-state index in [0.29, 0.717) is 17.8 Å². The van der Waals surface area contributed by atoms with Gasteiger partial charge in [-0.1, -0.05) is 38.1 Å². The Morgan fingerprint density at radius 3 is 2.42 bits per heavy atom. The highest BCUT2D eigenvalue weighted by molar-refractivity contribution is 6.01. The van der Waals surface area contributed by atoms with Crippen LogP contribution in [0.5, 0.6) is 0 Å². The van der Waals surface area contributed by atoms with E-state index in [1.165, 1.54) is 0 Å². The summed E-state index contributed by atoms with van der Waals surface area (Å²) >= 11 is 0. The summed E-state index contributed by atoms with van der Waals surface area (Å²) in [4.78, 5) is 29.1. The Labute approximate surface area is 142 Å². The van der Waals surface area contributed by atoms with Gasteiger partial charge in [-0.25, -0.2) is 4.98 Å². The maximum absolute atomic E-state index is 12.5. The molecule has 1 unspecified atom stereocenters. The zero-order valence-electron chi connectivity index (χ0n) is 14.2. The number of hydrogen-bond acceptors (Lipinski definition) is 3. The van der Waals surface area contributed by atoms with Crippen LogP contribution >= 0.6 is 0 Å². The van der Waals surface area contributed by atoms with Crippen molar-refractivity contribution in [3.05, 3.63) is 59.8 Å². The van der Waals surface area contributed by atoms with Gasteiger partial charge < -0.3 is 10.6 Å². The molecule has 24 heavy (non-hydrogen) atoms. The molecular formula is C19H23N3O2. The van der Waals surface area contributed by atoms with E-state index in [-0.39, 0.29) is 17.7 Å². The fraction of sp³-hybridized carbons (Fsp3) is 0.316. The predicted octanol–water partition coefficient (Wildman–Crippen LogP) is 3.17. The summed E-state index contributed by atoms with van der Waals surface area (Å²) in [7, 11) is 0. The highest BCUT2D eigenvalue weighted by Gasteiger charge is 2.23. The molecule has 2 amide bonds. The van der Waals surface area contributed by atoms with E-state index in [1.807, 2.05) is 39.0 Å². The number of carbonyl (C=O) groups is 2. The van der Waals surface area contributed by atoms with E-state index < -0.39 is 6.04 Å². The van der Waals surface area contributed by atoms with Gasteiger partial charge in [-0.05, 0) is 43.0 Å². The molecule has 1 heterocycles. The molecule has 1 aromatic carbocycles. The number of anilines is 1. The highest BCUT2D eigenvalue weighted by Crippen LogP contribution is 2.11. The van der Waals surface area contributed by atoms with Crippen LogP contribution in [0.2, 0.25) is 0 Å². The number of aryl methyl sites for hydroxylation is 1. The first-order valence-electron chi connectivity index (χ1n) is 8.05. The van der Waals surface area contributed by atoms with Gasteiger partial charge in [-0.3, -0.25) is 9.59 Å². The maximum atomic E-state index is 12.5. The number of amides is 2. The van der Waals surface area contributed by atoms with Crippen LogP contribution in [0.1, 0.15) is 36.2 Å². The zero-order valence-corrected chi connectivity index (χ0v) is 14.2. The van der Waals surface area contributed by atoms with Gasteiger partial charge in [0.2, 0.25) is 5.91 Å². The van der Waals surface area contributed by atoms with E-state index in [4.69, 9.17) is 0 Å². The van der Waals surface area contributed by atoms with Gasteiger partial charge in [0.05, 0.1) is 0 Å². The average molecular weight is 325 g/mol. The van der Waals surface area contributed by atoms with E-state index in [9.17, 15) is 9.59 Å². The van der Waals surface area contributed by atoms with Gasteiger partial charge in [0.1, 0.15) is 11.9 Å². The lowest BCUT2D eigenvalue weighted by Crippen LogP contribution is -2.44. The van der Waals surface area contributed by atoms with E-state index in [0.717, 1.165) is 5.56 Å². The first kappa shape index (κ1) is 17.7. The van der Waals surface area contributed by atoms with Gasteiger partial charge in [0, 0.05) is 11.8 Å². The largest absolute Gasteiger partial charge is 0.340 e. The summed E-state index contributed by atoms with van der Waals surface area (Å²) in [5.41, 5.74) is 1.46. The standard InChI is InChI=1S/C19H23N3O2/c1-13(2)12-16(19(24)22-17-10-6-7-11-20-17)21-18(23)15-9-5-4-8-14(15)3/h4-11,13,16H,12H2,1-3H3,(H,21,23)(H,20,22,24). The van der Waals surface area contributed by atoms with Crippen molar-refractivity contribution in [1.82, 2.24) is 10.3 Å². The molecule has 2 N–H and O–H groups in total. The molecule has 126 valence electrons. The highest BCUT2D eigenvalue weighted by atomic mass is 16.2. The minimum Gasteiger partial charge on any atom is -0.340 e. The molecule has 0 saturated carbocycles. The minimum atomic E-state index is -0.612. The lowest BCUT2D eigenvalue weighted by atomic mass is 10.0. The minimum absolute atomic E-state index is 0.241. The molecule has 5 heteroatoms. The second-order valence-corrected chi connectivity index (χ2v) is 6.17. The number of rotatable bonds is 6. The molecule has 1 aromatic heterocycles. The quantitative estimate of drug-likeness (QED) is 0.857. The van der Waals surface area contributed by atoms with Crippen LogP contribution in [-0.2, 0) is 4.79 Å². The fourth-order valence-electron chi connectivity index (χ4n) is 2.42. The Bertz CT molecular complexity index is 699. The Kier molecular flexibility index (Phi) is 6.07. The van der Waals surface area contributed by atoms with Gasteiger partial charge in [0.25, 0.3) is 5.91 Å². The monoisotopic (exact) mass is 325 g/mol. The van der Waals surface area contributed by atoms with Crippen molar-refractivity contribution in [2.24, 2.45) is 5.92 Å². The summed E-state index contributed by atoms with van der Waals surface area (Å²) in [6, 6.07) is 12.0. The van der Waals surface area contributed by atoms with Crippen molar-refractivity contribution in [2.45, 2.75) is 33.2 Å². The molecule has 0 aliphatic rings. The summed E-state index contributed by atoms with van der Waals surface area (Å²) in [6.45, 7) is 5.91. The van der Waals surface area contributed by atoms with Crippen molar-refractivity contribution in [2.75, 3.05) is 5.32 Å². The molecule has 0 bridgehead atoms. The summed E-state index contributed by atoms with van der Waals surface area (Å²) < 4.78 is 0. The number of hydrogen-bond donors (Lipinski definition) is 2. The van der Waals surface area contributed by atoms with Gasteiger partial charge in [-0.2, -0.15) is 0 Å². The summed E-state index contributed by atoms with van der Waals surface area (Å²) in [5.74, 6) is 0.238. The molecule has 0 saturated heterocycles. The van der Waals surface area contributed by atoms with Crippen LogP contribution in [0.15, 0.2) is 48.7 Å². The van der Waals surface area contributed by atoms with Crippen LogP contribution in [0.4, 0.5) is 5.82 Å².